The third-order valence-corrected chi connectivity index (χ3v) is 5.45. The zero-order valence-corrected chi connectivity index (χ0v) is 17.1. The second kappa shape index (κ2) is 8.17. The predicted molar refractivity (Wildman–Crippen MR) is 112 cm³/mol. The van der Waals surface area contributed by atoms with E-state index in [1.807, 2.05) is 13.8 Å². The third-order valence-electron chi connectivity index (χ3n) is 5.45. The lowest BCUT2D eigenvalue weighted by molar-refractivity contribution is -0.132. The fourth-order valence-electron chi connectivity index (χ4n) is 3.78. The second-order valence-electron chi connectivity index (χ2n) is 7.89. The van der Waals surface area contributed by atoms with Crippen LogP contribution in [0.5, 0.6) is 0 Å². The van der Waals surface area contributed by atoms with Gasteiger partial charge in [-0.1, -0.05) is 13.8 Å². The van der Waals surface area contributed by atoms with Gasteiger partial charge in [0.05, 0.1) is 11.7 Å². The third kappa shape index (κ3) is 3.87. The van der Waals surface area contributed by atoms with Crippen LogP contribution in [0.1, 0.15) is 55.1 Å². The van der Waals surface area contributed by atoms with Crippen LogP contribution in [-0.4, -0.2) is 44.6 Å². The number of piperidine rings is 1. The zero-order valence-electron chi connectivity index (χ0n) is 17.1. The number of hydrogen-bond donors (Lipinski definition) is 2. The van der Waals surface area contributed by atoms with E-state index < -0.39 is 5.76 Å². The number of aromatic nitrogens is 3. The van der Waals surface area contributed by atoms with Gasteiger partial charge in [-0.2, -0.15) is 5.10 Å². The molecule has 0 unspecified atom stereocenters. The van der Waals surface area contributed by atoms with Crippen molar-refractivity contribution in [1.29, 1.82) is 0 Å². The molecular formula is C21H25N5O4. The lowest BCUT2D eigenvalue weighted by atomic mass is 10.0. The Morgan fingerprint density at radius 3 is 2.73 bits per heavy atom. The van der Waals surface area contributed by atoms with Crippen molar-refractivity contribution in [3.05, 3.63) is 46.2 Å². The molecule has 0 spiro atoms. The van der Waals surface area contributed by atoms with E-state index in [-0.39, 0.29) is 24.3 Å². The number of rotatable bonds is 5. The summed E-state index contributed by atoms with van der Waals surface area (Å²) < 4.78 is 6.59. The maximum absolute atomic E-state index is 12.7. The standard InChI is InChI=1S/C21H25N5O4/c1-13(2)15-11-22-24-19(15)20(28)23-14-6-7-17-16(10-14)26(21(29)30-17)12-18(27)25-8-4-3-5-9-25/h6-7,10-11,13H,3-5,8-9,12H2,1-2H3,(H,22,24)(H,23,28). The molecule has 2 N–H and O–H groups in total. The van der Waals surface area contributed by atoms with Crippen molar-refractivity contribution in [2.45, 2.75) is 45.6 Å². The van der Waals surface area contributed by atoms with E-state index in [1.165, 1.54) is 4.57 Å². The molecule has 3 heterocycles. The van der Waals surface area contributed by atoms with Gasteiger partial charge in [-0.3, -0.25) is 19.3 Å². The van der Waals surface area contributed by atoms with Gasteiger partial charge in [-0.25, -0.2) is 4.79 Å². The van der Waals surface area contributed by atoms with Crippen molar-refractivity contribution in [2.75, 3.05) is 18.4 Å². The van der Waals surface area contributed by atoms with E-state index >= 15 is 0 Å². The van der Waals surface area contributed by atoms with Crippen molar-refractivity contribution < 1.29 is 14.0 Å². The number of nitrogens with one attached hydrogen (secondary N) is 2. The number of nitrogens with zero attached hydrogens (tertiary/aromatic N) is 3. The fourth-order valence-corrected chi connectivity index (χ4v) is 3.78. The zero-order chi connectivity index (χ0) is 21.3. The molecule has 3 aromatic rings. The SMILES string of the molecule is CC(C)c1cn[nH]c1C(=O)Nc1ccc2oc(=O)n(CC(=O)N3CCCCC3)c2c1. The topological polar surface area (TPSA) is 113 Å². The highest BCUT2D eigenvalue weighted by Gasteiger charge is 2.21. The minimum atomic E-state index is -0.588. The molecule has 2 aromatic heterocycles. The Kier molecular flexibility index (Phi) is 5.43. The molecule has 1 saturated heterocycles. The Morgan fingerprint density at radius 1 is 1.23 bits per heavy atom. The first-order valence-corrected chi connectivity index (χ1v) is 10.2. The van der Waals surface area contributed by atoms with Gasteiger partial charge < -0.3 is 14.6 Å². The largest absolute Gasteiger partial charge is 0.420 e. The van der Waals surface area contributed by atoms with Crippen molar-refractivity contribution in [1.82, 2.24) is 19.7 Å². The van der Waals surface area contributed by atoms with Crippen molar-refractivity contribution >= 4 is 28.6 Å². The quantitative estimate of drug-likeness (QED) is 0.670. The molecule has 0 saturated carbocycles. The summed E-state index contributed by atoms with van der Waals surface area (Å²) in [6, 6.07) is 4.92. The lowest BCUT2D eigenvalue weighted by Crippen LogP contribution is -2.39. The molecule has 1 aliphatic rings. The molecule has 1 fully saturated rings. The van der Waals surface area contributed by atoms with Gasteiger partial charge in [0.25, 0.3) is 5.91 Å². The molecule has 158 valence electrons. The second-order valence-corrected chi connectivity index (χ2v) is 7.89. The van der Waals surface area contributed by atoms with E-state index in [0.717, 1.165) is 24.8 Å². The minimum absolute atomic E-state index is 0.0821. The first-order valence-electron chi connectivity index (χ1n) is 10.2. The van der Waals surface area contributed by atoms with Gasteiger partial charge in [0.2, 0.25) is 5.91 Å². The minimum Gasteiger partial charge on any atom is -0.408 e. The lowest BCUT2D eigenvalue weighted by Gasteiger charge is -2.26. The van der Waals surface area contributed by atoms with Gasteiger partial charge in [0.15, 0.2) is 5.58 Å². The summed E-state index contributed by atoms with van der Waals surface area (Å²) in [6.45, 7) is 5.32. The first kappa shape index (κ1) is 19.9. The summed E-state index contributed by atoms with van der Waals surface area (Å²) in [5.41, 5.74) is 2.55. The van der Waals surface area contributed by atoms with Crippen LogP contribution in [0.15, 0.2) is 33.6 Å². The normalized spacial score (nSPS) is 14.4. The molecule has 0 atom stereocenters. The highest BCUT2D eigenvalue weighted by atomic mass is 16.4. The average molecular weight is 411 g/mol. The number of benzene rings is 1. The number of carbonyl (C=O) groups excluding carboxylic acids is 2. The Hall–Kier alpha value is -3.36. The molecule has 0 bridgehead atoms. The molecule has 4 rings (SSSR count). The van der Waals surface area contributed by atoms with Crippen molar-refractivity contribution in [2.24, 2.45) is 0 Å². The number of likely N-dealkylation sites (tertiary alicyclic amines) is 1. The molecule has 0 aliphatic carbocycles. The Bertz CT molecular complexity index is 1130. The molecular weight excluding hydrogens is 386 g/mol. The number of carbonyl (C=O) groups is 2. The van der Waals surface area contributed by atoms with E-state index in [2.05, 4.69) is 15.5 Å². The highest BCUT2D eigenvalue weighted by Crippen LogP contribution is 2.22. The summed E-state index contributed by atoms with van der Waals surface area (Å²) in [7, 11) is 0. The monoisotopic (exact) mass is 411 g/mol. The number of fused-ring (bicyclic) bond motifs is 1. The molecule has 1 aliphatic heterocycles. The molecule has 1 aromatic carbocycles. The van der Waals surface area contributed by atoms with E-state index in [9.17, 15) is 14.4 Å². The average Bonchev–Trinajstić information content (AvgIpc) is 3.34. The number of aromatic amines is 1. The molecule has 2 amide bonds. The van der Waals surface area contributed by atoms with Crippen LogP contribution in [0.2, 0.25) is 0 Å². The molecule has 0 radical (unpaired) electrons. The maximum atomic E-state index is 12.7. The van der Waals surface area contributed by atoms with Gasteiger partial charge in [0, 0.05) is 24.3 Å². The smallest absolute Gasteiger partial charge is 0.408 e. The van der Waals surface area contributed by atoms with Crippen LogP contribution >= 0.6 is 0 Å². The highest BCUT2D eigenvalue weighted by molar-refractivity contribution is 6.04. The molecule has 30 heavy (non-hydrogen) atoms. The molecule has 9 heteroatoms. The van der Waals surface area contributed by atoms with Crippen LogP contribution in [0, 0.1) is 0 Å². The fraction of sp³-hybridized carbons (Fsp3) is 0.429. The van der Waals surface area contributed by atoms with Crippen molar-refractivity contribution in [3.63, 3.8) is 0 Å². The van der Waals surface area contributed by atoms with Crippen molar-refractivity contribution in [3.8, 4) is 0 Å². The summed E-state index contributed by atoms with van der Waals surface area (Å²) in [5.74, 6) is -0.869. The van der Waals surface area contributed by atoms with Crippen LogP contribution in [0.4, 0.5) is 5.69 Å². The number of anilines is 1. The van der Waals surface area contributed by atoms with Crippen LogP contribution < -0.4 is 11.1 Å². The Balaban J connectivity index is 1.58. The van der Waals surface area contributed by atoms with Gasteiger partial charge in [-0.15, -0.1) is 0 Å². The Morgan fingerprint density at radius 2 is 2.00 bits per heavy atom. The summed E-state index contributed by atoms with van der Waals surface area (Å²) >= 11 is 0. The summed E-state index contributed by atoms with van der Waals surface area (Å²) in [6.07, 6.45) is 4.73. The number of oxazole rings is 1. The number of H-pyrrole nitrogens is 1. The van der Waals surface area contributed by atoms with Gasteiger partial charge >= 0.3 is 5.76 Å². The van der Waals surface area contributed by atoms with Crippen LogP contribution in [0.3, 0.4) is 0 Å². The van der Waals surface area contributed by atoms with Crippen LogP contribution in [-0.2, 0) is 11.3 Å². The Labute approximate surface area is 173 Å². The van der Waals surface area contributed by atoms with Gasteiger partial charge in [0.1, 0.15) is 12.2 Å². The van der Waals surface area contributed by atoms with E-state index in [1.54, 1.807) is 29.3 Å². The van der Waals surface area contributed by atoms with Crippen LogP contribution in [0.25, 0.3) is 11.1 Å². The van der Waals surface area contributed by atoms with Gasteiger partial charge in [-0.05, 0) is 43.4 Å². The predicted octanol–water partition coefficient (Wildman–Crippen LogP) is 2.71. The van der Waals surface area contributed by atoms with E-state index in [0.29, 0.717) is 35.6 Å². The first-order chi connectivity index (χ1) is 14.4. The van der Waals surface area contributed by atoms with E-state index in [4.69, 9.17) is 4.42 Å². The maximum Gasteiger partial charge on any atom is 0.420 e. The number of hydrogen-bond acceptors (Lipinski definition) is 5. The molecule has 9 nitrogen and oxygen atoms in total. The number of amides is 2. The summed E-state index contributed by atoms with van der Waals surface area (Å²) in [4.78, 5) is 39.4. The summed E-state index contributed by atoms with van der Waals surface area (Å²) in [5, 5.41) is 9.52.